The van der Waals surface area contributed by atoms with E-state index in [-0.39, 0.29) is 0 Å². The third-order valence-corrected chi connectivity index (χ3v) is 3.51. The molecule has 0 fully saturated rings. The summed E-state index contributed by atoms with van der Waals surface area (Å²) < 4.78 is 1.25. The van der Waals surface area contributed by atoms with Gasteiger partial charge in [-0.15, -0.1) is 11.3 Å². The molecule has 2 aromatic carbocycles. The van der Waals surface area contributed by atoms with Gasteiger partial charge >= 0.3 is 0 Å². The van der Waals surface area contributed by atoms with Crippen LogP contribution in [0.2, 0.25) is 0 Å². The van der Waals surface area contributed by atoms with Crippen molar-refractivity contribution in [2.24, 2.45) is 0 Å². The number of rotatable bonds is 1. The quantitative estimate of drug-likeness (QED) is 0.602. The van der Waals surface area contributed by atoms with E-state index in [4.69, 9.17) is 0 Å². The monoisotopic (exact) mass is 225 g/mol. The number of thiazole rings is 1. The molecule has 0 bridgehead atoms. The van der Waals surface area contributed by atoms with Crippen molar-refractivity contribution >= 4 is 21.6 Å². The van der Waals surface area contributed by atoms with Gasteiger partial charge in [0.2, 0.25) is 0 Å². The Morgan fingerprint density at radius 1 is 0.938 bits per heavy atom. The Hall–Kier alpha value is -1.67. The number of fused-ring (bicyclic) bond motifs is 1. The minimum absolute atomic E-state index is 1.08. The van der Waals surface area contributed by atoms with Crippen molar-refractivity contribution in [3.05, 3.63) is 53.5 Å². The van der Waals surface area contributed by atoms with E-state index in [0.717, 1.165) is 5.52 Å². The molecule has 1 heterocycles. The van der Waals surface area contributed by atoms with Crippen LogP contribution in [0.5, 0.6) is 0 Å². The van der Waals surface area contributed by atoms with E-state index in [1.165, 1.54) is 21.4 Å². The lowest BCUT2D eigenvalue weighted by Gasteiger charge is -2.01. The molecule has 16 heavy (non-hydrogen) atoms. The fourth-order valence-electron chi connectivity index (χ4n) is 1.78. The van der Waals surface area contributed by atoms with Crippen LogP contribution in [0.4, 0.5) is 0 Å². The van der Waals surface area contributed by atoms with Gasteiger partial charge in [0.1, 0.15) is 0 Å². The van der Waals surface area contributed by atoms with E-state index in [2.05, 4.69) is 54.4 Å². The average molecular weight is 225 g/mol. The highest BCUT2D eigenvalue weighted by Gasteiger charge is 2.00. The fraction of sp³-hybridized carbons (Fsp3) is 0.0714. The number of hydrogen-bond acceptors (Lipinski definition) is 2. The van der Waals surface area contributed by atoms with Gasteiger partial charge in [0, 0.05) is 0 Å². The zero-order chi connectivity index (χ0) is 11.0. The summed E-state index contributed by atoms with van der Waals surface area (Å²) in [6.45, 7) is 2.11. The van der Waals surface area contributed by atoms with Crippen molar-refractivity contribution in [2.75, 3.05) is 0 Å². The third kappa shape index (κ3) is 1.61. The van der Waals surface area contributed by atoms with Gasteiger partial charge in [-0.2, -0.15) is 0 Å². The van der Waals surface area contributed by atoms with E-state index >= 15 is 0 Å². The van der Waals surface area contributed by atoms with E-state index in [1.54, 1.807) is 11.3 Å². The van der Waals surface area contributed by atoms with Crippen LogP contribution in [-0.2, 0) is 0 Å². The number of nitrogens with zero attached hydrogens (tertiary/aromatic N) is 1. The Balaban J connectivity index is 2.14. The van der Waals surface area contributed by atoms with Gasteiger partial charge in [0.05, 0.1) is 15.7 Å². The van der Waals surface area contributed by atoms with Gasteiger partial charge in [-0.25, -0.2) is 4.98 Å². The largest absolute Gasteiger partial charge is 0.245 e. The second-order valence-electron chi connectivity index (χ2n) is 3.90. The molecule has 0 saturated carbocycles. The molecule has 0 radical (unpaired) electrons. The van der Waals surface area contributed by atoms with E-state index < -0.39 is 0 Å². The summed E-state index contributed by atoms with van der Waals surface area (Å²) in [6, 6.07) is 15.0. The van der Waals surface area contributed by atoms with Crippen molar-refractivity contribution in [3.8, 4) is 11.1 Å². The second-order valence-corrected chi connectivity index (χ2v) is 4.79. The molecule has 0 aliphatic carbocycles. The maximum atomic E-state index is 4.29. The molecule has 0 spiro atoms. The molecular weight excluding hydrogens is 214 g/mol. The van der Waals surface area contributed by atoms with Gasteiger partial charge < -0.3 is 0 Å². The molecular formula is C14H11NS. The molecule has 0 atom stereocenters. The standard InChI is InChI=1S/C14H11NS/c1-10-2-4-11(5-3-10)12-6-7-13-14(8-12)16-9-15-13/h2-9H,1H3. The summed E-state index contributed by atoms with van der Waals surface area (Å²) in [6.07, 6.45) is 0. The van der Waals surface area contributed by atoms with Crippen molar-refractivity contribution in [1.82, 2.24) is 4.98 Å². The number of hydrogen-bond donors (Lipinski definition) is 0. The fourth-order valence-corrected chi connectivity index (χ4v) is 2.50. The van der Waals surface area contributed by atoms with Crippen molar-refractivity contribution in [1.29, 1.82) is 0 Å². The lowest BCUT2D eigenvalue weighted by molar-refractivity contribution is 1.47. The first-order valence-corrected chi connectivity index (χ1v) is 6.11. The summed E-state index contributed by atoms with van der Waals surface area (Å²) in [4.78, 5) is 4.29. The van der Waals surface area contributed by atoms with Crippen LogP contribution >= 0.6 is 11.3 Å². The topological polar surface area (TPSA) is 12.9 Å². The van der Waals surface area contributed by atoms with E-state index in [0.29, 0.717) is 0 Å². The zero-order valence-electron chi connectivity index (χ0n) is 8.97. The van der Waals surface area contributed by atoms with Gasteiger partial charge in [-0.3, -0.25) is 0 Å². The minimum atomic E-state index is 1.08. The highest BCUT2D eigenvalue weighted by molar-refractivity contribution is 7.16. The van der Waals surface area contributed by atoms with Gasteiger partial charge in [-0.05, 0) is 30.2 Å². The van der Waals surface area contributed by atoms with E-state index in [9.17, 15) is 0 Å². The normalized spacial score (nSPS) is 10.8. The van der Waals surface area contributed by atoms with E-state index in [1.807, 2.05) is 5.51 Å². The smallest absolute Gasteiger partial charge is 0.0812 e. The molecule has 0 unspecified atom stereocenters. The highest BCUT2D eigenvalue weighted by Crippen LogP contribution is 2.26. The zero-order valence-corrected chi connectivity index (χ0v) is 9.79. The van der Waals surface area contributed by atoms with Crippen LogP contribution < -0.4 is 0 Å². The summed E-state index contributed by atoms with van der Waals surface area (Å²) in [7, 11) is 0. The molecule has 1 nitrogen and oxygen atoms in total. The number of aryl methyl sites for hydroxylation is 1. The Labute approximate surface area is 98.4 Å². The molecule has 0 saturated heterocycles. The second kappa shape index (κ2) is 3.72. The van der Waals surface area contributed by atoms with Crippen LogP contribution in [0, 0.1) is 6.92 Å². The van der Waals surface area contributed by atoms with Crippen LogP contribution in [-0.4, -0.2) is 4.98 Å². The van der Waals surface area contributed by atoms with Crippen LogP contribution in [0.3, 0.4) is 0 Å². The maximum absolute atomic E-state index is 4.29. The van der Waals surface area contributed by atoms with Crippen molar-refractivity contribution < 1.29 is 0 Å². The van der Waals surface area contributed by atoms with Gasteiger partial charge in [0.15, 0.2) is 0 Å². The first-order valence-electron chi connectivity index (χ1n) is 5.23. The highest BCUT2D eigenvalue weighted by atomic mass is 32.1. The Bertz CT molecular complexity index is 623. The average Bonchev–Trinajstić information content (AvgIpc) is 2.77. The lowest BCUT2D eigenvalue weighted by atomic mass is 10.0. The van der Waals surface area contributed by atoms with Crippen molar-refractivity contribution in [2.45, 2.75) is 6.92 Å². The third-order valence-electron chi connectivity index (χ3n) is 2.72. The van der Waals surface area contributed by atoms with Crippen molar-refractivity contribution in [3.63, 3.8) is 0 Å². The summed E-state index contributed by atoms with van der Waals surface area (Å²) in [5.74, 6) is 0. The van der Waals surface area contributed by atoms with Gasteiger partial charge in [-0.1, -0.05) is 35.9 Å². The summed E-state index contributed by atoms with van der Waals surface area (Å²) >= 11 is 1.69. The SMILES string of the molecule is Cc1ccc(-c2ccc3ncsc3c2)cc1. The minimum Gasteiger partial charge on any atom is -0.245 e. The Kier molecular flexibility index (Phi) is 2.22. The molecule has 0 N–H and O–H groups in total. The first-order chi connectivity index (χ1) is 7.83. The lowest BCUT2D eigenvalue weighted by Crippen LogP contribution is -1.78. The summed E-state index contributed by atoms with van der Waals surface area (Å²) in [5, 5.41) is 0. The molecule has 0 aliphatic heterocycles. The van der Waals surface area contributed by atoms with Crippen LogP contribution in [0.15, 0.2) is 48.0 Å². The van der Waals surface area contributed by atoms with Gasteiger partial charge in [0.25, 0.3) is 0 Å². The number of benzene rings is 2. The Morgan fingerprint density at radius 3 is 2.50 bits per heavy atom. The predicted octanol–water partition coefficient (Wildman–Crippen LogP) is 4.27. The molecule has 2 heteroatoms. The Morgan fingerprint density at radius 2 is 1.69 bits per heavy atom. The number of aromatic nitrogens is 1. The first kappa shape index (κ1) is 9.55. The molecule has 3 aromatic rings. The molecule has 3 rings (SSSR count). The maximum Gasteiger partial charge on any atom is 0.0812 e. The van der Waals surface area contributed by atoms with Crippen LogP contribution in [0.1, 0.15) is 5.56 Å². The molecule has 0 amide bonds. The molecule has 1 aromatic heterocycles. The van der Waals surface area contributed by atoms with Crippen LogP contribution in [0.25, 0.3) is 21.3 Å². The molecule has 0 aliphatic rings. The molecule has 78 valence electrons. The summed E-state index contributed by atoms with van der Waals surface area (Å²) in [5.41, 5.74) is 6.80. The predicted molar refractivity (Wildman–Crippen MR) is 69.8 cm³/mol.